The first kappa shape index (κ1) is 11.2. The van der Waals surface area contributed by atoms with E-state index in [1.807, 2.05) is 11.8 Å². The third kappa shape index (κ3) is 2.15. The van der Waals surface area contributed by atoms with Crippen molar-refractivity contribution in [1.82, 2.24) is 4.90 Å². The van der Waals surface area contributed by atoms with Crippen molar-refractivity contribution in [1.29, 1.82) is 0 Å². The molecule has 2 unspecified atom stereocenters. The van der Waals surface area contributed by atoms with Crippen LogP contribution in [0.4, 0.5) is 0 Å². The van der Waals surface area contributed by atoms with Gasteiger partial charge in [-0.25, -0.2) is 0 Å². The van der Waals surface area contributed by atoms with Gasteiger partial charge in [0.25, 0.3) is 0 Å². The number of carbonyl (C=O) groups excluding carboxylic acids is 1. The van der Waals surface area contributed by atoms with Gasteiger partial charge in [-0.15, -0.1) is 0 Å². The molecule has 1 fully saturated rings. The van der Waals surface area contributed by atoms with E-state index in [1.165, 1.54) is 12.5 Å². The Kier molecular flexibility index (Phi) is 4.14. The standard InChI is InChI=1S/C11H20N2O/c1-3-11(14)13(4-2)10-7-5-6-9(10)8-12/h3,9-10H,1,4-8,12H2,2H3. The third-order valence-electron chi connectivity index (χ3n) is 3.12. The largest absolute Gasteiger partial charge is 0.336 e. The molecule has 0 saturated heterocycles. The van der Waals surface area contributed by atoms with Crippen molar-refractivity contribution >= 4 is 5.91 Å². The van der Waals surface area contributed by atoms with E-state index in [1.54, 1.807) is 0 Å². The van der Waals surface area contributed by atoms with Gasteiger partial charge in [0, 0.05) is 12.6 Å². The summed E-state index contributed by atoms with van der Waals surface area (Å²) in [5.41, 5.74) is 5.69. The van der Waals surface area contributed by atoms with Crippen LogP contribution in [0.15, 0.2) is 12.7 Å². The van der Waals surface area contributed by atoms with E-state index in [2.05, 4.69) is 6.58 Å². The molecule has 1 aliphatic carbocycles. The second-order valence-corrected chi connectivity index (χ2v) is 3.82. The highest BCUT2D eigenvalue weighted by molar-refractivity contribution is 5.87. The van der Waals surface area contributed by atoms with E-state index in [9.17, 15) is 4.79 Å². The molecule has 80 valence electrons. The summed E-state index contributed by atoms with van der Waals surface area (Å²) >= 11 is 0. The maximum absolute atomic E-state index is 11.6. The molecule has 0 aromatic carbocycles. The van der Waals surface area contributed by atoms with Crippen LogP contribution < -0.4 is 5.73 Å². The highest BCUT2D eigenvalue weighted by atomic mass is 16.2. The van der Waals surface area contributed by atoms with E-state index in [4.69, 9.17) is 5.73 Å². The number of nitrogens with zero attached hydrogens (tertiary/aromatic N) is 1. The summed E-state index contributed by atoms with van der Waals surface area (Å²) in [6.07, 6.45) is 4.83. The van der Waals surface area contributed by atoms with Gasteiger partial charge in [-0.05, 0) is 38.3 Å². The number of hydrogen-bond acceptors (Lipinski definition) is 2. The minimum atomic E-state index is 0.0397. The van der Waals surface area contributed by atoms with Crippen molar-refractivity contribution in [2.45, 2.75) is 32.2 Å². The van der Waals surface area contributed by atoms with Crippen LogP contribution in [0.3, 0.4) is 0 Å². The van der Waals surface area contributed by atoms with Crippen LogP contribution in [0.25, 0.3) is 0 Å². The lowest BCUT2D eigenvalue weighted by molar-refractivity contribution is -0.128. The monoisotopic (exact) mass is 196 g/mol. The summed E-state index contributed by atoms with van der Waals surface area (Å²) in [6, 6.07) is 0.343. The Morgan fingerprint density at radius 2 is 2.36 bits per heavy atom. The molecule has 1 saturated carbocycles. The van der Waals surface area contributed by atoms with Crippen LogP contribution in [0, 0.1) is 5.92 Å². The highest BCUT2D eigenvalue weighted by Crippen LogP contribution is 2.29. The molecule has 0 radical (unpaired) electrons. The lowest BCUT2D eigenvalue weighted by Gasteiger charge is -2.30. The molecule has 3 heteroatoms. The van der Waals surface area contributed by atoms with Crippen LogP contribution in [0.5, 0.6) is 0 Å². The summed E-state index contributed by atoms with van der Waals surface area (Å²) in [5, 5.41) is 0. The van der Waals surface area contributed by atoms with Crippen LogP contribution in [-0.2, 0) is 4.79 Å². The van der Waals surface area contributed by atoms with Crippen molar-refractivity contribution in [3.63, 3.8) is 0 Å². The van der Waals surface area contributed by atoms with Gasteiger partial charge >= 0.3 is 0 Å². The molecule has 1 rings (SSSR count). The van der Waals surface area contributed by atoms with Gasteiger partial charge in [-0.2, -0.15) is 0 Å². The van der Waals surface area contributed by atoms with Crippen molar-refractivity contribution < 1.29 is 4.79 Å². The van der Waals surface area contributed by atoms with Gasteiger partial charge in [-0.1, -0.05) is 13.0 Å². The first-order valence-electron chi connectivity index (χ1n) is 5.37. The fourth-order valence-corrected chi connectivity index (χ4v) is 2.37. The zero-order chi connectivity index (χ0) is 10.6. The maximum Gasteiger partial charge on any atom is 0.246 e. The quantitative estimate of drug-likeness (QED) is 0.686. The topological polar surface area (TPSA) is 46.3 Å². The molecule has 0 aromatic rings. The van der Waals surface area contributed by atoms with Crippen LogP contribution >= 0.6 is 0 Å². The van der Waals surface area contributed by atoms with E-state index in [0.29, 0.717) is 18.5 Å². The molecule has 0 aromatic heterocycles. The lowest BCUT2D eigenvalue weighted by Crippen LogP contribution is -2.43. The van der Waals surface area contributed by atoms with Gasteiger partial charge in [-0.3, -0.25) is 4.79 Å². The number of amides is 1. The second kappa shape index (κ2) is 5.15. The normalized spacial score (nSPS) is 26.1. The average molecular weight is 196 g/mol. The Balaban J connectivity index is 2.67. The number of likely N-dealkylation sites (N-methyl/N-ethyl adjacent to an activating group) is 1. The number of hydrogen-bond donors (Lipinski definition) is 1. The lowest BCUT2D eigenvalue weighted by atomic mass is 10.0. The van der Waals surface area contributed by atoms with E-state index < -0.39 is 0 Å². The minimum Gasteiger partial charge on any atom is -0.336 e. The molecular weight excluding hydrogens is 176 g/mol. The Bertz CT molecular complexity index is 215. The van der Waals surface area contributed by atoms with Crippen molar-refractivity contribution in [3.8, 4) is 0 Å². The summed E-state index contributed by atoms with van der Waals surface area (Å²) in [6.45, 7) is 6.98. The SMILES string of the molecule is C=CC(=O)N(CC)C1CCCC1CN. The zero-order valence-corrected chi connectivity index (χ0v) is 8.91. The molecule has 0 spiro atoms. The molecular formula is C11H20N2O. The first-order valence-corrected chi connectivity index (χ1v) is 5.37. The predicted octanol–water partition coefficient (Wildman–Crippen LogP) is 1.15. The van der Waals surface area contributed by atoms with Crippen LogP contribution in [0.2, 0.25) is 0 Å². The molecule has 3 nitrogen and oxygen atoms in total. The number of carbonyl (C=O) groups is 1. The summed E-state index contributed by atoms with van der Waals surface area (Å²) in [4.78, 5) is 13.5. The van der Waals surface area contributed by atoms with Gasteiger partial charge in [0.2, 0.25) is 5.91 Å². The Morgan fingerprint density at radius 1 is 1.64 bits per heavy atom. The highest BCUT2D eigenvalue weighted by Gasteiger charge is 2.31. The third-order valence-corrected chi connectivity index (χ3v) is 3.12. The molecule has 0 aliphatic heterocycles. The minimum absolute atomic E-state index is 0.0397. The van der Waals surface area contributed by atoms with Crippen molar-refractivity contribution in [2.24, 2.45) is 11.7 Å². The van der Waals surface area contributed by atoms with Crippen molar-refractivity contribution in [3.05, 3.63) is 12.7 Å². The first-order chi connectivity index (χ1) is 6.74. The molecule has 2 atom stereocenters. The molecule has 14 heavy (non-hydrogen) atoms. The molecule has 2 N–H and O–H groups in total. The van der Waals surface area contributed by atoms with Gasteiger partial charge < -0.3 is 10.6 Å². The van der Waals surface area contributed by atoms with E-state index >= 15 is 0 Å². The Hall–Kier alpha value is -0.830. The number of nitrogens with two attached hydrogens (primary N) is 1. The Morgan fingerprint density at radius 3 is 2.86 bits per heavy atom. The molecule has 1 amide bonds. The summed E-state index contributed by atoms with van der Waals surface area (Å²) < 4.78 is 0. The number of rotatable bonds is 4. The van der Waals surface area contributed by atoms with Gasteiger partial charge in [0.05, 0.1) is 0 Å². The van der Waals surface area contributed by atoms with Crippen LogP contribution in [-0.4, -0.2) is 29.9 Å². The Labute approximate surface area is 86.0 Å². The predicted molar refractivity (Wildman–Crippen MR) is 57.8 cm³/mol. The second-order valence-electron chi connectivity index (χ2n) is 3.82. The van der Waals surface area contributed by atoms with E-state index in [-0.39, 0.29) is 5.91 Å². The van der Waals surface area contributed by atoms with Gasteiger partial charge in [0.1, 0.15) is 0 Å². The molecule has 1 aliphatic rings. The van der Waals surface area contributed by atoms with Gasteiger partial charge in [0.15, 0.2) is 0 Å². The summed E-state index contributed by atoms with van der Waals surface area (Å²) in [7, 11) is 0. The molecule has 0 heterocycles. The van der Waals surface area contributed by atoms with Crippen LogP contribution in [0.1, 0.15) is 26.2 Å². The summed E-state index contributed by atoms with van der Waals surface area (Å²) in [5.74, 6) is 0.525. The smallest absolute Gasteiger partial charge is 0.246 e. The fraction of sp³-hybridized carbons (Fsp3) is 0.727. The van der Waals surface area contributed by atoms with E-state index in [0.717, 1.165) is 19.4 Å². The van der Waals surface area contributed by atoms with Crippen molar-refractivity contribution in [2.75, 3.05) is 13.1 Å². The average Bonchev–Trinajstić information content (AvgIpc) is 2.66. The fourth-order valence-electron chi connectivity index (χ4n) is 2.37. The maximum atomic E-state index is 11.6. The zero-order valence-electron chi connectivity index (χ0n) is 8.91. The molecule has 0 bridgehead atoms.